The Morgan fingerprint density at radius 3 is 2.43 bits per heavy atom. The van der Waals surface area contributed by atoms with Gasteiger partial charge in [0, 0.05) is 5.56 Å². The van der Waals surface area contributed by atoms with Gasteiger partial charge in [-0.05, 0) is 12.1 Å². The first-order valence-corrected chi connectivity index (χ1v) is 5.30. The van der Waals surface area contributed by atoms with Gasteiger partial charge in [0.1, 0.15) is 5.82 Å². The average Bonchev–Trinajstić information content (AvgIpc) is 2.07. The number of hydrogen-bond acceptors (Lipinski definition) is 3. The van der Waals surface area contributed by atoms with Gasteiger partial charge in [-0.2, -0.15) is 8.42 Å². The van der Waals surface area contributed by atoms with Crippen molar-refractivity contribution in [2.24, 2.45) is 0 Å². The third kappa shape index (κ3) is 2.42. The molecule has 0 amide bonds. The maximum atomic E-state index is 12.8. The molecule has 1 aromatic rings. The van der Waals surface area contributed by atoms with Crippen molar-refractivity contribution in [2.75, 3.05) is 0 Å². The number of hydrogen-bond donors (Lipinski definition) is 2. The smallest absolute Gasteiger partial charge is 0.296 e. The van der Waals surface area contributed by atoms with Gasteiger partial charge in [0.05, 0.1) is 5.02 Å². The van der Waals surface area contributed by atoms with E-state index in [-0.39, 0.29) is 10.6 Å². The summed E-state index contributed by atoms with van der Waals surface area (Å²) in [5, 5.41) is 8.83. The molecule has 14 heavy (non-hydrogen) atoms. The summed E-state index contributed by atoms with van der Waals surface area (Å²) < 4.78 is 42.2. The molecule has 0 heterocycles. The maximum Gasteiger partial charge on any atom is 0.296 e. The maximum absolute atomic E-state index is 12.8. The minimum Gasteiger partial charge on any atom is -0.371 e. The Labute approximate surface area is 84.7 Å². The van der Waals surface area contributed by atoms with Gasteiger partial charge >= 0.3 is 0 Å². The van der Waals surface area contributed by atoms with Gasteiger partial charge in [0.25, 0.3) is 10.1 Å². The van der Waals surface area contributed by atoms with Crippen LogP contribution in [0.25, 0.3) is 0 Å². The van der Waals surface area contributed by atoms with Crippen LogP contribution >= 0.6 is 11.6 Å². The molecule has 1 rings (SSSR count). The zero-order valence-corrected chi connectivity index (χ0v) is 8.26. The molecule has 0 aliphatic carbocycles. The van der Waals surface area contributed by atoms with E-state index in [0.29, 0.717) is 0 Å². The first-order valence-electron chi connectivity index (χ1n) is 3.41. The molecule has 1 unspecified atom stereocenters. The molecule has 4 nitrogen and oxygen atoms in total. The molecule has 1 aromatic carbocycles. The molecule has 0 aliphatic rings. The number of benzene rings is 1. The van der Waals surface area contributed by atoms with Gasteiger partial charge in [-0.3, -0.25) is 4.55 Å². The van der Waals surface area contributed by atoms with E-state index < -0.39 is 21.4 Å². The Bertz CT molecular complexity index is 445. The number of aliphatic hydroxyl groups excluding tert-OH is 1. The largest absolute Gasteiger partial charge is 0.371 e. The number of aliphatic hydroxyl groups is 1. The van der Waals surface area contributed by atoms with E-state index in [2.05, 4.69) is 0 Å². The second-order valence-corrected chi connectivity index (χ2v) is 4.42. The Morgan fingerprint density at radius 2 is 2.00 bits per heavy atom. The predicted octanol–water partition coefficient (Wildman–Crippen LogP) is 1.36. The van der Waals surface area contributed by atoms with E-state index >= 15 is 0 Å². The molecule has 0 aliphatic heterocycles. The molecule has 0 aromatic heterocycles. The highest BCUT2D eigenvalue weighted by Gasteiger charge is 2.22. The lowest BCUT2D eigenvalue weighted by Gasteiger charge is -2.07. The quantitative estimate of drug-likeness (QED) is 0.766. The Hall–Kier alpha value is -0.690. The second kappa shape index (κ2) is 3.82. The van der Waals surface area contributed by atoms with Crippen LogP contribution in [0, 0.1) is 5.82 Å². The van der Waals surface area contributed by atoms with Crippen LogP contribution in [0.15, 0.2) is 18.2 Å². The van der Waals surface area contributed by atoms with Gasteiger partial charge < -0.3 is 5.11 Å². The normalized spacial score (nSPS) is 14.0. The molecule has 0 fully saturated rings. The minimum atomic E-state index is -4.64. The van der Waals surface area contributed by atoms with Crippen LogP contribution in [0.4, 0.5) is 4.39 Å². The minimum absolute atomic E-state index is 0.198. The Morgan fingerprint density at radius 1 is 1.43 bits per heavy atom. The molecule has 0 saturated carbocycles. The van der Waals surface area contributed by atoms with Crippen molar-refractivity contribution in [3.63, 3.8) is 0 Å². The van der Waals surface area contributed by atoms with Gasteiger partial charge in [-0.15, -0.1) is 0 Å². The standard InChI is InChI=1S/C7H6ClFO4S/c8-5-2-1-4(3-6(5)9)7(10)14(11,12)13/h1-3,7,10H,(H,11,12,13). The first kappa shape index (κ1) is 11.4. The molecule has 78 valence electrons. The monoisotopic (exact) mass is 240 g/mol. The topological polar surface area (TPSA) is 74.6 Å². The molecule has 7 heteroatoms. The van der Waals surface area contributed by atoms with Crippen LogP contribution < -0.4 is 0 Å². The SMILES string of the molecule is O=S(=O)(O)C(O)c1ccc(Cl)c(F)c1. The summed E-state index contributed by atoms with van der Waals surface area (Å²) in [5.41, 5.74) is -2.44. The van der Waals surface area contributed by atoms with Gasteiger partial charge in [-0.25, -0.2) is 4.39 Å². The van der Waals surface area contributed by atoms with Crippen molar-refractivity contribution in [3.05, 3.63) is 34.6 Å². The molecular formula is C7H6ClFO4S. The van der Waals surface area contributed by atoms with Crippen molar-refractivity contribution >= 4 is 21.7 Å². The lowest BCUT2D eigenvalue weighted by atomic mass is 10.2. The van der Waals surface area contributed by atoms with Gasteiger partial charge in [0.2, 0.25) is 5.44 Å². The summed E-state index contributed by atoms with van der Waals surface area (Å²) in [4.78, 5) is 0. The zero-order chi connectivity index (χ0) is 10.9. The summed E-state index contributed by atoms with van der Waals surface area (Å²) in [6.45, 7) is 0. The summed E-state index contributed by atoms with van der Waals surface area (Å²) in [6.07, 6.45) is 0. The Kier molecular flexibility index (Phi) is 3.10. The van der Waals surface area contributed by atoms with E-state index in [0.717, 1.165) is 18.2 Å². The fourth-order valence-electron chi connectivity index (χ4n) is 0.838. The molecule has 2 N–H and O–H groups in total. The predicted molar refractivity (Wildman–Crippen MR) is 47.9 cm³/mol. The van der Waals surface area contributed by atoms with Crippen molar-refractivity contribution in [3.8, 4) is 0 Å². The van der Waals surface area contributed by atoms with Crippen LogP contribution in [0.5, 0.6) is 0 Å². The van der Waals surface area contributed by atoms with E-state index in [1.165, 1.54) is 0 Å². The fourth-order valence-corrected chi connectivity index (χ4v) is 1.45. The van der Waals surface area contributed by atoms with Gasteiger partial charge in [-0.1, -0.05) is 17.7 Å². The summed E-state index contributed by atoms with van der Waals surface area (Å²) in [5.74, 6) is -0.869. The van der Waals surface area contributed by atoms with E-state index in [1.807, 2.05) is 0 Å². The zero-order valence-electron chi connectivity index (χ0n) is 6.68. The highest BCUT2D eigenvalue weighted by molar-refractivity contribution is 7.85. The average molecular weight is 241 g/mol. The fraction of sp³-hybridized carbons (Fsp3) is 0.143. The lowest BCUT2D eigenvalue weighted by Crippen LogP contribution is -2.11. The van der Waals surface area contributed by atoms with Gasteiger partial charge in [0.15, 0.2) is 0 Å². The molecule has 0 spiro atoms. The summed E-state index contributed by atoms with van der Waals surface area (Å²) >= 11 is 5.33. The van der Waals surface area contributed by atoms with Crippen molar-refractivity contribution in [2.45, 2.75) is 5.44 Å². The van der Waals surface area contributed by atoms with E-state index in [4.69, 9.17) is 21.3 Å². The van der Waals surface area contributed by atoms with Crippen LogP contribution in [-0.2, 0) is 10.1 Å². The summed E-state index contributed by atoms with van der Waals surface area (Å²) in [6, 6.07) is 2.92. The third-order valence-electron chi connectivity index (χ3n) is 1.51. The third-order valence-corrected chi connectivity index (χ3v) is 2.65. The first-order chi connectivity index (χ1) is 6.32. The molecule has 0 radical (unpaired) electrons. The number of halogens is 2. The van der Waals surface area contributed by atoms with Crippen molar-refractivity contribution in [1.29, 1.82) is 0 Å². The van der Waals surface area contributed by atoms with Crippen molar-refractivity contribution in [1.82, 2.24) is 0 Å². The Balaban J connectivity index is 3.16. The highest BCUT2D eigenvalue weighted by Crippen LogP contribution is 2.22. The van der Waals surface area contributed by atoms with Crippen LogP contribution in [0.3, 0.4) is 0 Å². The second-order valence-electron chi connectivity index (χ2n) is 2.54. The van der Waals surface area contributed by atoms with Crippen LogP contribution in [0.1, 0.15) is 11.0 Å². The van der Waals surface area contributed by atoms with Crippen molar-refractivity contribution < 1.29 is 22.5 Å². The van der Waals surface area contributed by atoms with Crippen LogP contribution in [-0.4, -0.2) is 18.1 Å². The number of rotatable bonds is 2. The molecule has 0 bridgehead atoms. The summed E-state index contributed by atoms with van der Waals surface area (Å²) in [7, 11) is -4.64. The molecule has 1 atom stereocenters. The highest BCUT2D eigenvalue weighted by atomic mass is 35.5. The molecule has 0 saturated heterocycles. The van der Waals surface area contributed by atoms with E-state index in [9.17, 15) is 12.8 Å². The van der Waals surface area contributed by atoms with Crippen LogP contribution in [0.2, 0.25) is 5.02 Å². The lowest BCUT2D eigenvalue weighted by molar-refractivity contribution is 0.238. The molecular weight excluding hydrogens is 235 g/mol. The van der Waals surface area contributed by atoms with E-state index in [1.54, 1.807) is 0 Å².